The van der Waals surface area contributed by atoms with E-state index in [1.165, 1.54) is 16.7 Å². The lowest BCUT2D eigenvalue weighted by atomic mass is 9.58. The molecule has 2 unspecified atom stereocenters. The Bertz CT molecular complexity index is 687. The van der Waals surface area contributed by atoms with Crippen molar-refractivity contribution in [3.63, 3.8) is 0 Å². The zero-order valence-electron chi connectivity index (χ0n) is 13.1. The second kappa shape index (κ2) is 4.46. The molecule has 0 aromatic rings. The summed E-state index contributed by atoms with van der Waals surface area (Å²) in [6, 6.07) is 0. The molecule has 0 bridgehead atoms. The minimum absolute atomic E-state index is 0.269. The van der Waals surface area contributed by atoms with Crippen LogP contribution in [0.3, 0.4) is 0 Å². The molecule has 0 aliphatic heterocycles. The van der Waals surface area contributed by atoms with Gasteiger partial charge in [-0.1, -0.05) is 25.0 Å². The highest BCUT2D eigenvalue weighted by Crippen LogP contribution is 2.60. The molecule has 4 aliphatic rings. The Morgan fingerprint density at radius 1 is 1.32 bits per heavy atom. The van der Waals surface area contributed by atoms with Crippen molar-refractivity contribution in [3.05, 3.63) is 34.9 Å². The number of hydrogen-bond donors (Lipinski definition) is 1. The summed E-state index contributed by atoms with van der Waals surface area (Å²) in [6.07, 6.45) is 17.1. The van der Waals surface area contributed by atoms with E-state index in [4.69, 9.17) is 6.42 Å². The van der Waals surface area contributed by atoms with Gasteiger partial charge < -0.3 is 5.11 Å². The Morgan fingerprint density at radius 3 is 2.91 bits per heavy atom. The van der Waals surface area contributed by atoms with Gasteiger partial charge in [0.15, 0.2) is 5.78 Å². The average Bonchev–Trinajstić information content (AvgIpc) is 2.79. The van der Waals surface area contributed by atoms with Crippen LogP contribution in [0.15, 0.2) is 34.9 Å². The third-order valence-electron chi connectivity index (χ3n) is 6.63. The number of rotatable bonds is 0. The molecule has 0 saturated heterocycles. The second-order valence-electron chi connectivity index (χ2n) is 7.48. The van der Waals surface area contributed by atoms with E-state index < -0.39 is 5.60 Å². The summed E-state index contributed by atoms with van der Waals surface area (Å²) in [5.74, 6) is 3.84. The Morgan fingerprint density at radius 2 is 2.14 bits per heavy atom. The van der Waals surface area contributed by atoms with Crippen molar-refractivity contribution >= 4 is 5.78 Å². The lowest BCUT2D eigenvalue weighted by Gasteiger charge is -2.46. The number of fused-ring (bicyclic) bond motifs is 4. The number of terminal acetylenes is 1. The smallest absolute Gasteiger partial charge is 0.156 e. The fraction of sp³-hybridized carbons (Fsp3) is 0.550. The van der Waals surface area contributed by atoms with Gasteiger partial charge in [0, 0.05) is 11.8 Å². The molecule has 114 valence electrons. The van der Waals surface area contributed by atoms with Crippen molar-refractivity contribution in [2.75, 3.05) is 0 Å². The predicted octanol–water partition coefficient (Wildman–Crippen LogP) is 3.33. The van der Waals surface area contributed by atoms with E-state index in [0.717, 1.165) is 25.7 Å². The zero-order chi connectivity index (χ0) is 15.5. The maximum atomic E-state index is 11.7. The summed E-state index contributed by atoms with van der Waals surface area (Å²) < 4.78 is 0. The standard InChI is InChI=1S/C20H22O2/c1-3-20(22)11-9-18-17-6-4-13-12-14(21)5-7-15(13)16(17)8-10-19(18,20)2/h1,8,10,12,17-18,22H,4-7,9,11H2,2H3/t17?,18?,19-,20-/m0/s1. The highest BCUT2D eigenvalue weighted by Gasteiger charge is 2.58. The van der Waals surface area contributed by atoms with E-state index in [9.17, 15) is 9.90 Å². The molecule has 0 radical (unpaired) electrons. The molecule has 1 N–H and O–H groups in total. The molecule has 4 rings (SSSR count). The van der Waals surface area contributed by atoms with Gasteiger partial charge in [-0.25, -0.2) is 0 Å². The van der Waals surface area contributed by atoms with E-state index in [-0.39, 0.29) is 11.2 Å². The number of aliphatic hydroxyl groups is 1. The molecule has 0 spiro atoms. The first-order valence-electron chi connectivity index (χ1n) is 8.35. The molecule has 2 nitrogen and oxygen atoms in total. The van der Waals surface area contributed by atoms with Crippen LogP contribution in [0.4, 0.5) is 0 Å². The van der Waals surface area contributed by atoms with Crippen LogP contribution >= 0.6 is 0 Å². The molecule has 4 aliphatic carbocycles. The molecule has 4 atom stereocenters. The van der Waals surface area contributed by atoms with Crippen LogP contribution in [0.5, 0.6) is 0 Å². The lowest BCUT2D eigenvalue weighted by Crippen LogP contribution is -2.46. The van der Waals surface area contributed by atoms with E-state index in [0.29, 0.717) is 24.7 Å². The summed E-state index contributed by atoms with van der Waals surface area (Å²) >= 11 is 0. The van der Waals surface area contributed by atoms with Crippen LogP contribution in [0.1, 0.15) is 45.4 Å². The van der Waals surface area contributed by atoms with E-state index in [1.807, 2.05) is 6.08 Å². The Labute approximate surface area is 132 Å². The van der Waals surface area contributed by atoms with Gasteiger partial charge in [-0.3, -0.25) is 4.79 Å². The van der Waals surface area contributed by atoms with Crippen molar-refractivity contribution in [3.8, 4) is 12.3 Å². The van der Waals surface area contributed by atoms with Crippen LogP contribution < -0.4 is 0 Å². The zero-order valence-corrected chi connectivity index (χ0v) is 13.1. The third-order valence-corrected chi connectivity index (χ3v) is 6.63. The lowest BCUT2D eigenvalue weighted by molar-refractivity contribution is -0.114. The monoisotopic (exact) mass is 294 g/mol. The fourth-order valence-corrected chi connectivity index (χ4v) is 5.26. The summed E-state index contributed by atoms with van der Waals surface area (Å²) in [5.41, 5.74) is 2.73. The molecule has 0 amide bonds. The number of ketones is 1. The maximum Gasteiger partial charge on any atom is 0.156 e. The summed E-state index contributed by atoms with van der Waals surface area (Å²) in [6.45, 7) is 2.12. The van der Waals surface area contributed by atoms with Crippen LogP contribution in [0.25, 0.3) is 0 Å². The molecule has 0 aromatic heterocycles. The first kappa shape index (κ1) is 14.0. The van der Waals surface area contributed by atoms with Crippen LogP contribution in [0.2, 0.25) is 0 Å². The van der Waals surface area contributed by atoms with Gasteiger partial charge in [-0.05, 0) is 66.7 Å². The highest BCUT2D eigenvalue weighted by molar-refractivity contribution is 5.93. The maximum absolute atomic E-state index is 11.7. The van der Waals surface area contributed by atoms with Crippen molar-refractivity contribution < 1.29 is 9.90 Å². The average molecular weight is 294 g/mol. The quantitative estimate of drug-likeness (QED) is 0.696. The number of hydrogen-bond acceptors (Lipinski definition) is 2. The Balaban J connectivity index is 1.83. The minimum atomic E-state index is -1.01. The van der Waals surface area contributed by atoms with Gasteiger partial charge in [0.2, 0.25) is 0 Å². The van der Waals surface area contributed by atoms with Crippen molar-refractivity contribution in [2.24, 2.45) is 17.3 Å². The van der Waals surface area contributed by atoms with Crippen LogP contribution in [-0.2, 0) is 4.79 Å². The Hall–Kier alpha value is -1.59. The van der Waals surface area contributed by atoms with E-state index >= 15 is 0 Å². The number of carbonyl (C=O) groups excluding carboxylic acids is 1. The molecule has 0 heterocycles. The second-order valence-corrected chi connectivity index (χ2v) is 7.48. The molecular weight excluding hydrogens is 272 g/mol. The largest absolute Gasteiger partial charge is 0.377 e. The molecule has 22 heavy (non-hydrogen) atoms. The van der Waals surface area contributed by atoms with Gasteiger partial charge in [-0.15, -0.1) is 6.42 Å². The van der Waals surface area contributed by atoms with Crippen molar-refractivity contribution in [1.29, 1.82) is 0 Å². The van der Waals surface area contributed by atoms with Gasteiger partial charge in [0.1, 0.15) is 5.60 Å². The third kappa shape index (κ3) is 1.64. The van der Waals surface area contributed by atoms with Crippen molar-refractivity contribution in [1.82, 2.24) is 0 Å². The van der Waals surface area contributed by atoms with Gasteiger partial charge in [0.05, 0.1) is 0 Å². The Kier molecular flexibility index (Phi) is 2.84. The first-order chi connectivity index (χ1) is 10.5. The van der Waals surface area contributed by atoms with Crippen LogP contribution in [-0.4, -0.2) is 16.5 Å². The van der Waals surface area contributed by atoms with Gasteiger partial charge >= 0.3 is 0 Å². The molecule has 1 fully saturated rings. The van der Waals surface area contributed by atoms with Crippen molar-refractivity contribution in [2.45, 2.75) is 51.0 Å². The molecule has 1 saturated carbocycles. The van der Waals surface area contributed by atoms with Gasteiger partial charge in [-0.2, -0.15) is 0 Å². The molecule has 0 aromatic carbocycles. The SMILES string of the molecule is C#C[C@]1(O)CCC2C3CCC4=CC(=O)CCC4=C3C=C[C@@]21C. The van der Waals surface area contributed by atoms with E-state index in [2.05, 4.69) is 25.0 Å². The topological polar surface area (TPSA) is 37.3 Å². The number of allylic oxidation sites excluding steroid dienone is 5. The fourth-order valence-electron chi connectivity index (χ4n) is 5.26. The summed E-state index contributed by atoms with van der Waals surface area (Å²) in [4.78, 5) is 11.7. The molecule has 2 heteroatoms. The summed E-state index contributed by atoms with van der Waals surface area (Å²) in [7, 11) is 0. The molecular formula is C20H22O2. The normalized spacial score (nSPS) is 43.1. The minimum Gasteiger partial charge on any atom is -0.377 e. The predicted molar refractivity (Wildman–Crippen MR) is 85.8 cm³/mol. The van der Waals surface area contributed by atoms with Crippen LogP contribution in [0, 0.1) is 29.6 Å². The highest BCUT2D eigenvalue weighted by atomic mass is 16.3. The van der Waals surface area contributed by atoms with Gasteiger partial charge in [0.25, 0.3) is 0 Å². The van der Waals surface area contributed by atoms with E-state index in [1.54, 1.807) is 0 Å². The summed E-state index contributed by atoms with van der Waals surface area (Å²) in [5, 5.41) is 10.9. The number of carbonyl (C=O) groups is 1. The first-order valence-corrected chi connectivity index (χ1v) is 8.35.